The van der Waals surface area contributed by atoms with Gasteiger partial charge in [0.1, 0.15) is 11.4 Å². The van der Waals surface area contributed by atoms with Crippen LogP contribution in [0.25, 0.3) is 0 Å². The number of benzene rings is 1. The van der Waals surface area contributed by atoms with Gasteiger partial charge in [0.25, 0.3) is 0 Å². The number of rotatable bonds is 6. The first kappa shape index (κ1) is 18.9. The molecule has 1 aliphatic heterocycles. The summed E-state index contributed by atoms with van der Waals surface area (Å²) in [6.07, 6.45) is 0.102. The Bertz CT molecular complexity index is 915. The minimum absolute atomic E-state index is 0.0454. The van der Waals surface area contributed by atoms with Crippen LogP contribution in [0.3, 0.4) is 0 Å². The number of ketones is 1. The van der Waals surface area contributed by atoms with Gasteiger partial charge >= 0.3 is 13.1 Å². The predicted octanol–water partition coefficient (Wildman–Crippen LogP) is 1.51. The summed E-state index contributed by atoms with van der Waals surface area (Å²) in [6, 6.07) is 4.65. The summed E-state index contributed by atoms with van der Waals surface area (Å²) in [6.45, 7) is 0. The Morgan fingerprint density at radius 2 is 2.26 bits per heavy atom. The number of carboxylic acid groups (broad SMARTS) is 1. The van der Waals surface area contributed by atoms with Crippen molar-refractivity contribution >= 4 is 41.1 Å². The molecule has 27 heavy (non-hydrogen) atoms. The van der Waals surface area contributed by atoms with Crippen LogP contribution in [0, 0.1) is 0 Å². The molecule has 1 aromatic heterocycles. The molecule has 9 nitrogen and oxygen atoms in total. The second kappa shape index (κ2) is 7.76. The van der Waals surface area contributed by atoms with Gasteiger partial charge in [-0.3, -0.25) is 4.79 Å². The number of thiazole rings is 1. The van der Waals surface area contributed by atoms with Crippen LogP contribution in [-0.4, -0.2) is 52.0 Å². The number of Topliss-reactive ketones (excluding diaryl/α,β-unsaturated/α-hetero) is 1. The number of hydrogen-bond donors (Lipinski definition) is 4. The smallest absolute Gasteiger partial charge is 0.526 e. The van der Waals surface area contributed by atoms with E-state index < -0.39 is 24.7 Å². The van der Waals surface area contributed by atoms with E-state index in [1.807, 2.05) is 0 Å². The minimum Gasteiger partial charge on any atom is -0.535 e. The first-order valence-electron chi connectivity index (χ1n) is 8.03. The van der Waals surface area contributed by atoms with Gasteiger partial charge in [0.2, 0.25) is 0 Å². The van der Waals surface area contributed by atoms with Gasteiger partial charge in [0.15, 0.2) is 16.6 Å². The normalized spacial score (nSPS) is 16.4. The van der Waals surface area contributed by atoms with Crippen molar-refractivity contribution in [1.82, 2.24) is 4.98 Å². The fraction of sp³-hybridized carbons (Fsp3) is 0.250. The van der Waals surface area contributed by atoms with Crippen molar-refractivity contribution < 1.29 is 29.6 Å². The summed E-state index contributed by atoms with van der Waals surface area (Å²) in [5.41, 5.74) is 0.573. The Morgan fingerprint density at radius 3 is 2.89 bits per heavy atom. The topological polar surface area (TPSA) is 141 Å². The summed E-state index contributed by atoms with van der Waals surface area (Å²) in [5, 5.41) is 36.7. The van der Waals surface area contributed by atoms with E-state index in [1.54, 1.807) is 24.6 Å². The number of para-hydroxylation sites is 1. The highest BCUT2D eigenvalue weighted by Gasteiger charge is 2.38. The molecular formula is C16H16BN3O6S. The number of carbonyl (C=O) groups is 2. The number of aromatic nitrogens is 1. The second-order valence-electron chi connectivity index (χ2n) is 5.94. The zero-order chi connectivity index (χ0) is 19.6. The van der Waals surface area contributed by atoms with Gasteiger partial charge in [0, 0.05) is 24.7 Å². The van der Waals surface area contributed by atoms with Crippen LogP contribution >= 0.6 is 11.3 Å². The monoisotopic (exact) mass is 389 g/mol. The Morgan fingerprint density at radius 1 is 1.48 bits per heavy atom. The number of oxime groups is 1. The van der Waals surface area contributed by atoms with E-state index in [1.165, 1.54) is 17.4 Å². The number of nitrogens with one attached hydrogen (secondary N) is 1. The van der Waals surface area contributed by atoms with E-state index in [-0.39, 0.29) is 35.6 Å². The predicted molar refractivity (Wildman–Crippen MR) is 99.1 cm³/mol. The van der Waals surface area contributed by atoms with Gasteiger partial charge in [-0.2, -0.15) is 0 Å². The lowest BCUT2D eigenvalue weighted by Gasteiger charge is -2.27. The van der Waals surface area contributed by atoms with E-state index in [0.717, 1.165) is 0 Å². The van der Waals surface area contributed by atoms with E-state index in [2.05, 4.69) is 15.5 Å². The van der Waals surface area contributed by atoms with Crippen LogP contribution in [0.1, 0.15) is 28.0 Å². The molecule has 2 aromatic rings. The quantitative estimate of drug-likeness (QED) is 0.252. The highest BCUT2D eigenvalue weighted by atomic mass is 32.1. The van der Waals surface area contributed by atoms with Gasteiger partial charge < -0.3 is 25.3 Å². The highest BCUT2D eigenvalue weighted by molar-refractivity contribution is 7.14. The van der Waals surface area contributed by atoms with Crippen molar-refractivity contribution in [2.24, 2.45) is 5.16 Å². The number of aromatic carboxylic acids is 1. The van der Waals surface area contributed by atoms with Gasteiger partial charge in [-0.15, -0.1) is 11.3 Å². The Labute approximate surface area is 158 Å². The first-order chi connectivity index (χ1) is 12.9. The molecule has 1 atom stereocenters. The number of carbonyl (C=O) groups excluding carboxylic acids is 1. The van der Waals surface area contributed by atoms with Gasteiger partial charge in [-0.05, 0) is 18.1 Å². The van der Waals surface area contributed by atoms with Crippen LogP contribution in [0.2, 0.25) is 5.82 Å². The third-order valence-corrected chi connectivity index (χ3v) is 5.08. The summed E-state index contributed by atoms with van der Waals surface area (Å²) < 4.78 is 5.37. The fourth-order valence-corrected chi connectivity index (χ4v) is 3.56. The van der Waals surface area contributed by atoms with Gasteiger partial charge in [-0.1, -0.05) is 17.3 Å². The molecule has 2 heterocycles. The average molecular weight is 389 g/mol. The lowest BCUT2D eigenvalue weighted by molar-refractivity contribution is -0.113. The molecule has 0 aliphatic carbocycles. The number of anilines is 1. The van der Waals surface area contributed by atoms with Crippen molar-refractivity contribution in [1.29, 1.82) is 0 Å². The molecular weight excluding hydrogens is 373 g/mol. The van der Waals surface area contributed by atoms with E-state index >= 15 is 0 Å². The van der Waals surface area contributed by atoms with Crippen molar-refractivity contribution in [2.45, 2.75) is 18.7 Å². The Hall–Kier alpha value is -2.92. The maximum absolute atomic E-state index is 12.6. The molecule has 140 valence electrons. The fourth-order valence-electron chi connectivity index (χ4n) is 2.91. The standard InChI is InChI=1S/C16H16BN3O6S/c1-18-16-19-11(7-27-16)13(20-25)12(21)6-9-5-8-3-2-4-10(15(22)23)14(8)26-17(9)24/h2-4,7,9,24-25H,5-6H2,1H3,(H,18,19)(H,22,23)/b20-13-/t9-/m1/s1. The van der Waals surface area contributed by atoms with Gasteiger partial charge in [-0.25, -0.2) is 9.78 Å². The van der Waals surface area contributed by atoms with Crippen LogP contribution in [0.15, 0.2) is 28.7 Å². The molecule has 0 radical (unpaired) electrons. The second-order valence-corrected chi connectivity index (χ2v) is 6.79. The highest BCUT2D eigenvalue weighted by Crippen LogP contribution is 2.36. The molecule has 1 aliphatic rings. The van der Waals surface area contributed by atoms with E-state index in [9.17, 15) is 24.9 Å². The summed E-state index contributed by atoms with van der Waals surface area (Å²) in [4.78, 5) is 28.0. The summed E-state index contributed by atoms with van der Waals surface area (Å²) in [5.74, 6) is -2.17. The maximum atomic E-state index is 12.6. The molecule has 1 aromatic carbocycles. The van der Waals surface area contributed by atoms with Crippen LogP contribution in [-0.2, 0) is 11.2 Å². The molecule has 0 saturated carbocycles. The zero-order valence-electron chi connectivity index (χ0n) is 14.2. The maximum Gasteiger partial charge on any atom is 0.526 e. The van der Waals surface area contributed by atoms with Crippen LogP contribution in [0.4, 0.5) is 5.13 Å². The third-order valence-electron chi connectivity index (χ3n) is 4.22. The van der Waals surface area contributed by atoms with Crippen molar-refractivity contribution in [3.05, 3.63) is 40.4 Å². The molecule has 4 N–H and O–H groups in total. The number of hydrogen-bond acceptors (Lipinski definition) is 9. The molecule has 0 spiro atoms. The van der Waals surface area contributed by atoms with Crippen molar-refractivity contribution in [3.63, 3.8) is 0 Å². The molecule has 3 rings (SSSR count). The summed E-state index contributed by atoms with van der Waals surface area (Å²) >= 11 is 1.26. The lowest BCUT2D eigenvalue weighted by atomic mass is 9.64. The van der Waals surface area contributed by atoms with Crippen molar-refractivity contribution in [3.8, 4) is 5.75 Å². The Balaban J connectivity index is 1.78. The largest absolute Gasteiger partial charge is 0.535 e. The van der Waals surface area contributed by atoms with E-state index in [0.29, 0.717) is 10.7 Å². The molecule has 0 fully saturated rings. The summed E-state index contributed by atoms with van der Waals surface area (Å²) in [7, 11) is 0.323. The lowest BCUT2D eigenvalue weighted by Crippen LogP contribution is -2.36. The number of carboxylic acids is 1. The zero-order valence-corrected chi connectivity index (χ0v) is 15.1. The molecule has 0 amide bonds. The van der Waals surface area contributed by atoms with Gasteiger partial charge in [0.05, 0.1) is 5.56 Å². The average Bonchev–Trinajstić information content (AvgIpc) is 3.11. The molecule has 11 heteroatoms. The van der Waals surface area contributed by atoms with E-state index in [4.69, 9.17) is 4.65 Å². The van der Waals surface area contributed by atoms with Crippen LogP contribution < -0.4 is 9.97 Å². The molecule has 0 bridgehead atoms. The van der Waals surface area contributed by atoms with Crippen LogP contribution in [0.5, 0.6) is 5.75 Å². The minimum atomic E-state index is -1.36. The number of fused-ring (bicyclic) bond motifs is 1. The number of nitrogens with zero attached hydrogens (tertiary/aromatic N) is 2. The Kier molecular flexibility index (Phi) is 5.42. The SMILES string of the molecule is CNc1nc(/C(=N/O)C(=O)C[C@H]2Cc3cccc(C(=O)O)c3OB2O)cs1. The third kappa shape index (κ3) is 3.78. The van der Waals surface area contributed by atoms with Crippen molar-refractivity contribution in [2.75, 3.05) is 12.4 Å². The molecule has 0 saturated heterocycles. The first-order valence-corrected chi connectivity index (χ1v) is 8.91. The molecule has 0 unspecified atom stereocenters.